The zero-order valence-corrected chi connectivity index (χ0v) is 21.2. The maximum atomic E-state index is 13.5. The minimum atomic E-state index is -0.283. The Hall–Kier alpha value is -3.51. The molecule has 36 heavy (non-hydrogen) atoms. The van der Waals surface area contributed by atoms with Crippen LogP contribution in [0.15, 0.2) is 67.0 Å². The SMILES string of the molecule is CC(=O)N[C@H]1c2ccccc2C2(CCN(C(=O)c3cccc(C)c3C)CC2)[C@@H]1OCc1ccncc1. The number of aryl methyl sites for hydroxylation is 1. The smallest absolute Gasteiger partial charge is 0.254 e. The third kappa shape index (κ3) is 4.30. The molecule has 1 aromatic heterocycles. The molecule has 1 fully saturated rings. The van der Waals surface area contributed by atoms with E-state index in [0.29, 0.717) is 19.7 Å². The number of fused-ring (bicyclic) bond motifs is 2. The Bertz CT molecular complexity index is 1270. The summed E-state index contributed by atoms with van der Waals surface area (Å²) in [4.78, 5) is 31.8. The highest BCUT2D eigenvalue weighted by atomic mass is 16.5. The lowest BCUT2D eigenvalue weighted by molar-refractivity contribution is -0.122. The van der Waals surface area contributed by atoms with Crippen molar-refractivity contribution in [3.05, 3.63) is 100 Å². The zero-order valence-electron chi connectivity index (χ0n) is 21.2. The molecule has 2 atom stereocenters. The number of benzene rings is 2. The Balaban J connectivity index is 1.44. The maximum absolute atomic E-state index is 13.5. The fourth-order valence-electron chi connectivity index (χ4n) is 5.97. The molecular formula is C30H33N3O3. The van der Waals surface area contributed by atoms with Crippen LogP contribution in [0.25, 0.3) is 0 Å². The molecular weight excluding hydrogens is 450 g/mol. The van der Waals surface area contributed by atoms with E-state index in [-0.39, 0.29) is 29.4 Å². The van der Waals surface area contributed by atoms with Gasteiger partial charge in [0.2, 0.25) is 5.91 Å². The van der Waals surface area contributed by atoms with E-state index < -0.39 is 0 Å². The van der Waals surface area contributed by atoms with Gasteiger partial charge in [-0.1, -0.05) is 36.4 Å². The molecule has 5 rings (SSSR count). The third-order valence-electron chi connectivity index (χ3n) is 8.00. The average Bonchev–Trinajstić information content (AvgIpc) is 3.13. The first kappa shape index (κ1) is 24.2. The molecule has 0 bridgehead atoms. The monoisotopic (exact) mass is 483 g/mol. The van der Waals surface area contributed by atoms with E-state index >= 15 is 0 Å². The molecule has 0 unspecified atom stereocenters. The van der Waals surface area contributed by atoms with Crippen molar-refractivity contribution in [2.24, 2.45) is 0 Å². The van der Waals surface area contributed by atoms with Gasteiger partial charge in [-0.2, -0.15) is 0 Å². The Morgan fingerprint density at radius 1 is 1.03 bits per heavy atom. The number of carbonyl (C=O) groups excluding carboxylic acids is 2. The van der Waals surface area contributed by atoms with Crippen molar-refractivity contribution in [3.8, 4) is 0 Å². The van der Waals surface area contributed by atoms with Crippen molar-refractivity contribution in [2.45, 2.75) is 57.8 Å². The molecule has 2 heterocycles. The molecule has 3 aromatic rings. The molecule has 2 aromatic carbocycles. The van der Waals surface area contributed by atoms with Crippen LogP contribution in [0.4, 0.5) is 0 Å². The van der Waals surface area contributed by atoms with E-state index in [9.17, 15) is 9.59 Å². The van der Waals surface area contributed by atoms with E-state index in [2.05, 4.69) is 28.5 Å². The van der Waals surface area contributed by atoms with Crippen LogP contribution in [0, 0.1) is 13.8 Å². The van der Waals surface area contributed by atoms with Gasteiger partial charge in [0.1, 0.15) is 0 Å². The number of likely N-dealkylation sites (tertiary alicyclic amines) is 1. The molecule has 6 nitrogen and oxygen atoms in total. The van der Waals surface area contributed by atoms with Crippen LogP contribution >= 0.6 is 0 Å². The summed E-state index contributed by atoms with van der Waals surface area (Å²) in [5, 5.41) is 3.17. The summed E-state index contributed by atoms with van der Waals surface area (Å²) in [6, 6.07) is 17.9. The van der Waals surface area contributed by atoms with Crippen LogP contribution in [-0.4, -0.2) is 40.9 Å². The number of pyridine rings is 1. The highest BCUT2D eigenvalue weighted by molar-refractivity contribution is 5.96. The number of hydrogen-bond acceptors (Lipinski definition) is 4. The Kier molecular flexibility index (Phi) is 6.63. The molecule has 1 N–H and O–H groups in total. The largest absolute Gasteiger partial charge is 0.370 e. The lowest BCUT2D eigenvalue weighted by Gasteiger charge is -2.44. The number of nitrogens with zero attached hydrogens (tertiary/aromatic N) is 2. The number of rotatable bonds is 5. The summed E-state index contributed by atoms with van der Waals surface area (Å²) in [6.07, 6.45) is 4.85. The predicted molar refractivity (Wildman–Crippen MR) is 139 cm³/mol. The van der Waals surface area contributed by atoms with Crippen molar-refractivity contribution in [2.75, 3.05) is 13.1 Å². The number of carbonyl (C=O) groups is 2. The quantitative estimate of drug-likeness (QED) is 0.574. The fourth-order valence-corrected chi connectivity index (χ4v) is 5.97. The van der Waals surface area contributed by atoms with Crippen LogP contribution in [-0.2, 0) is 21.6 Å². The summed E-state index contributed by atoms with van der Waals surface area (Å²) < 4.78 is 6.65. The van der Waals surface area contributed by atoms with Gasteiger partial charge in [0.25, 0.3) is 5.91 Å². The summed E-state index contributed by atoms with van der Waals surface area (Å²) in [5.41, 5.74) is 6.04. The minimum absolute atomic E-state index is 0.0769. The standard InChI is InChI=1S/C30H33N3O3/c1-20-7-6-9-24(21(20)2)29(35)33-17-13-30(14-18-33)26-10-5-4-8-25(26)27(32-22(3)34)28(30)36-19-23-11-15-31-16-12-23/h4-12,15-16,27-28H,13-14,17-19H2,1-3H3,(H,32,34)/t27-,28+/m0/s1. The van der Waals surface area contributed by atoms with Gasteiger partial charge in [-0.05, 0) is 72.7 Å². The van der Waals surface area contributed by atoms with Gasteiger partial charge >= 0.3 is 0 Å². The van der Waals surface area contributed by atoms with Crippen LogP contribution in [0.3, 0.4) is 0 Å². The van der Waals surface area contributed by atoms with E-state index in [1.807, 2.05) is 55.1 Å². The summed E-state index contributed by atoms with van der Waals surface area (Å²) in [5.74, 6) is 0.0110. The van der Waals surface area contributed by atoms with Crippen molar-refractivity contribution in [1.82, 2.24) is 15.2 Å². The van der Waals surface area contributed by atoms with E-state index in [1.54, 1.807) is 19.3 Å². The van der Waals surface area contributed by atoms with Gasteiger partial charge in [0.15, 0.2) is 0 Å². The molecule has 1 spiro atoms. The summed E-state index contributed by atoms with van der Waals surface area (Å²) in [7, 11) is 0. The van der Waals surface area contributed by atoms with Gasteiger partial charge in [-0.25, -0.2) is 0 Å². The van der Waals surface area contributed by atoms with Crippen LogP contribution in [0.1, 0.15) is 64.0 Å². The highest BCUT2D eigenvalue weighted by Gasteiger charge is 2.54. The van der Waals surface area contributed by atoms with Crippen molar-refractivity contribution >= 4 is 11.8 Å². The number of nitrogens with one attached hydrogen (secondary N) is 1. The van der Waals surface area contributed by atoms with Gasteiger partial charge in [-0.3, -0.25) is 14.6 Å². The third-order valence-corrected chi connectivity index (χ3v) is 8.00. The number of piperidine rings is 1. The number of amides is 2. The fraction of sp³-hybridized carbons (Fsp3) is 0.367. The molecule has 1 saturated heterocycles. The molecule has 2 aliphatic rings. The molecule has 0 radical (unpaired) electrons. The summed E-state index contributed by atoms with van der Waals surface area (Å²) >= 11 is 0. The molecule has 186 valence electrons. The molecule has 6 heteroatoms. The van der Waals surface area contributed by atoms with Crippen molar-refractivity contribution in [3.63, 3.8) is 0 Å². The first-order valence-electron chi connectivity index (χ1n) is 12.6. The number of ether oxygens (including phenoxy) is 1. The normalized spacial score (nSPS) is 20.2. The van der Waals surface area contributed by atoms with Crippen LogP contribution in [0.5, 0.6) is 0 Å². The maximum Gasteiger partial charge on any atom is 0.254 e. The van der Waals surface area contributed by atoms with E-state index in [0.717, 1.165) is 40.7 Å². The first-order chi connectivity index (χ1) is 17.4. The van der Waals surface area contributed by atoms with Gasteiger partial charge in [0.05, 0.1) is 18.8 Å². The second-order valence-electron chi connectivity index (χ2n) is 10.0. The Morgan fingerprint density at radius 2 is 1.75 bits per heavy atom. The van der Waals surface area contributed by atoms with E-state index in [1.165, 1.54) is 5.56 Å². The lowest BCUT2D eigenvalue weighted by Crippen LogP contribution is -2.52. The molecule has 0 saturated carbocycles. The second-order valence-corrected chi connectivity index (χ2v) is 10.0. The highest BCUT2D eigenvalue weighted by Crippen LogP contribution is 2.52. The van der Waals surface area contributed by atoms with Gasteiger partial charge < -0.3 is 15.0 Å². The lowest BCUT2D eigenvalue weighted by atomic mass is 9.71. The predicted octanol–water partition coefficient (Wildman–Crippen LogP) is 4.65. The molecule has 2 amide bonds. The topological polar surface area (TPSA) is 71.5 Å². The first-order valence-corrected chi connectivity index (χ1v) is 12.6. The minimum Gasteiger partial charge on any atom is -0.370 e. The number of hydrogen-bond donors (Lipinski definition) is 1. The van der Waals surface area contributed by atoms with Crippen LogP contribution < -0.4 is 5.32 Å². The Morgan fingerprint density at radius 3 is 2.47 bits per heavy atom. The zero-order chi connectivity index (χ0) is 25.3. The Labute approximate surface area is 212 Å². The number of aromatic nitrogens is 1. The van der Waals surface area contributed by atoms with Crippen molar-refractivity contribution in [1.29, 1.82) is 0 Å². The molecule has 1 aliphatic heterocycles. The van der Waals surface area contributed by atoms with Crippen LogP contribution in [0.2, 0.25) is 0 Å². The second kappa shape index (κ2) is 9.86. The average molecular weight is 484 g/mol. The molecule has 1 aliphatic carbocycles. The summed E-state index contributed by atoms with van der Waals surface area (Å²) in [6.45, 7) is 7.33. The van der Waals surface area contributed by atoms with Gasteiger partial charge in [-0.15, -0.1) is 0 Å². The van der Waals surface area contributed by atoms with Crippen molar-refractivity contribution < 1.29 is 14.3 Å². The van der Waals surface area contributed by atoms with Gasteiger partial charge in [0, 0.05) is 43.4 Å². The van der Waals surface area contributed by atoms with E-state index in [4.69, 9.17) is 4.74 Å².